The topological polar surface area (TPSA) is 39.1 Å². The van der Waals surface area contributed by atoms with Gasteiger partial charge in [0.1, 0.15) is 0 Å². The van der Waals surface area contributed by atoms with E-state index >= 15 is 0 Å². The summed E-state index contributed by atoms with van der Waals surface area (Å²) in [7, 11) is 1.99. The van der Waals surface area contributed by atoms with Crippen LogP contribution in [0.5, 0.6) is 0 Å². The Morgan fingerprint density at radius 3 is 2.57 bits per heavy atom. The Labute approximate surface area is 127 Å². The lowest BCUT2D eigenvalue weighted by Gasteiger charge is -2.27. The van der Waals surface area contributed by atoms with Crippen LogP contribution in [0.15, 0.2) is 42.7 Å². The quantitative estimate of drug-likeness (QED) is 0.811. The molecule has 0 aliphatic carbocycles. The maximum absolute atomic E-state index is 6.00. The van der Waals surface area contributed by atoms with Crippen LogP contribution in [-0.2, 0) is 17.7 Å². The van der Waals surface area contributed by atoms with E-state index in [0.29, 0.717) is 6.61 Å². The van der Waals surface area contributed by atoms with Crippen molar-refractivity contribution in [1.29, 1.82) is 0 Å². The maximum atomic E-state index is 6.00. The third kappa shape index (κ3) is 4.16. The molecule has 0 radical (unpaired) electrons. The number of rotatable bonds is 8. The largest absolute Gasteiger partial charge is 0.372 e. The van der Waals surface area contributed by atoms with Crippen LogP contribution < -0.4 is 5.32 Å². The lowest BCUT2D eigenvalue weighted by atomic mass is 9.97. The molecule has 1 aromatic heterocycles. The molecule has 0 bridgehead atoms. The molecule has 114 valence electrons. The molecule has 2 aromatic rings. The van der Waals surface area contributed by atoms with E-state index in [-0.39, 0.29) is 12.1 Å². The Balaban J connectivity index is 2.15. The second kappa shape index (κ2) is 7.96. The summed E-state index contributed by atoms with van der Waals surface area (Å²) in [5.41, 5.74) is 2.44. The fraction of sp³-hybridized carbons (Fsp3) is 0.471. The Hall–Kier alpha value is -1.65. The summed E-state index contributed by atoms with van der Waals surface area (Å²) in [4.78, 5) is 0. The molecule has 1 N–H and O–H groups in total. The van der Waals surface area contributed by atoms with Crippen LogP contribution in [0.3, 0.4) is 0 Å². The highest BCUT2D eigenvalue weighted by Crippen LogP contribution is 2.23. The van der Waals surface area contributed by atoms with Gasteiger partial charge in [-0.3, -0.25) is 4.68 Å². The minimum absolute atomic E-state index is 0.0474. The number of hydrogen-bond acceptors (Lipinski definition) is 3. The van der Waals surface area contributed by atoms with Crippen molar-refractivity contribution < 1.29 is 4.74 Å². The Morgan fingerprint density at radius 1 is 1.24 bits per heavy atom. The Kier molecular flexibility index (Phi) is 5.96. The van der Waals surface area contributed by atoms with Gasteiger partial charge in [0.05, 0.1) is 12.3 Å². The number of nitrogens with zero attached hydrogens (tertiary/aromatic N) is 2. The lowest BCUT2D eigenvalue weighted by molar-refractivity contribution is 0.0352. The number of aromatic nitrogens is 2. The van der Waals surface area contributed by atoms with Crippen LogP contribution in [0.2, 0.25) is 0 Å². The smallest absolute Gasteiger partial charge is 0.0980 e. The summed E-state index contributed by atoms with van der Waals surface area (Å²) in [5.74, 6) is 0. The van der Waals surface area contributed by atoms with Gasteiger partial charge in [-0.25, -0.2) is 0 Å². The van der Waals surface area contributed by atoms with Gasteiger partial charge in [-0.2, -0.15) is 5.10 Å². The number of aryl methyl sites for hydroxylation is 1. The molecule has 4 heteroatoms. The summed E-state index contributed by atoms with van der Waals surface area (Å²) in [5, 5.41) is 7.75. The lowest BCUT2D eigenvalue weighted by Crippen LogP contribution is -2.35. The standard InChI is InChI=1S/C17H25N3O/c1-4-20-13-14(12-19-20)11-16(18-3)17(21-5-2)15-9-7-6-8-10-15/h6-10,12-13,16-18H,4-5,11H2,1-3H3. The summed E-state index contributed by atoms with van der Waals surface area (Å²) in [6, 6.07) is 10.6. The number of hydrogen-bond donors (Lipinski definition) is 1. The van der Waals surface area contributed by atoms with Gasteiger partial charge in [0.15, 0.2) is 0 Å². The normalized spacial score (nSPS) is 14.0. The molecule has 0 saturated carbocycles. The van der Waals surface area contributed by atoms with Crippen molar-refractivity contribution in [2.24, 2.45) is 0 Å². The average Bonchev–Trinajstić information content (AvgIpc) is 2.99. The van der Waals surface area contributed by atoms with Crippen molar-refractivity contribution in [1.82, 2.24) is 15.1 Å². The van der Waals surface area contributed by atoms with Crippen molar-refractivity contribution in [3.8, 4) is 0 Å². The molecule has 0 aliphatic heterocycles. The summed E-state index contributed by atoms with van der Waals surface area (Å²) < 4.78 is 7.96. The van der Waals surface area contributed by atoms with Crippen molar-refractivity contribution in [3.05, 3.63) is 53.9 Å². The molecule has 0 spiro atoms. The van der Waals surface area contributed by atoms with Crippen molar-refractivity contribution >= 4 is 0 Å². The molecular weight excluding hydrogens is 262 g/mol. The highest BCUT2D eigenvalue weighted by Gasteiger charge is 2.23. The van der Waals surface area contributed by atoms with Gasteiger partial charge in [-0.1, -0.05) is 30.3 Å². The van der Waals surface area contributed by atoms with Crippen LogP contribution in [0.25, 0.3) is 0 Å². The van der Waals surface area contributed by atoms with Gasteiger partial charge in [0, 0.05) is 25.4 Å². The van der Waals surface area contributed by atoms with Crippen LogP contribution in [0.4, 0.5) is 0 Å². The van der Waals surface area contributed by atoms with Crippen LogP contribution in [0, 0.1) is 0 Å². The molecule has 2 rings (SSSR count). The van der Waals surface area contributed by atoms with E-state index in [4.69, 9.17) is 4.74 Å². The zero-order chi connectivity index (χ0) is 15.1. The first-order valence-electron chi connectivity index (χ1n) is 7.63. The van der Waals surface area contributed by atoms with Gasteiger partial charge in [0.25, 0.3) is 0 Å². The zero-order valence-electron chi connectivity index (χ0n) is 13.1. The molecule has 21 heavy (non-hydrogen) atoms. The third-order valence-corrected chi connectivity index (χ3v) is 3.68. The van der Waals surface area contributed by atoms with E-state index < -0.39 is 0 Å². The number of nitrogens with one attached hydrogen (secondary N) is 1. The fourth-order valence-electron chi connectivity index (χ4n) is 2.57. The van der Waals surface area contributed by atoms with E-state index in [1.54, 1.807) is 0 Å². The van der Waals surface area contributed by atoms with Gasteiger partial charge < -0.3 is 10.1 Å². The number of benzene rings is 1. The monoisotopic (exact) mass is 287 g/mol. The van der Waals surface area contributed by atoms with Crippen LogP contribution in [-0.4, -0.2) is 29.5 Å². The average molecular weight is 287 g/mol. The summed E-state index contributed by atoms with van der Waals surface area (Å²) in [6.07, 6.45) is 5.00. The first-order valence-corrected chi connectivity index (χ1v) is 7.63. The predicted octanol–water partition coefficient (Wildman–Crippen LogP) is 2.81. The molecule has 2 atom stereocenters. The SMILES string of the molecule is CCOC(c1ccccc1)C(Cc1cnn(CC)c1)NC. The van der Waals surface area contributed by atoms with Gasteiger partial charge in [0.2, 0.25) is 0 Å². The first-order chi connectivity index (χ1) is 10.3. The molecule has 0 fully saturated rings. The van der Waals surface area contributed by atoms with E-state index in [0.717, 1.165) is 13.0 Å². The first kappa shape index (κ1) is 15.7. The summed E-state index contributed by atoms with van der Waals surface area (Å²) in [6.45, 7) is 5.74. The predicted molar refractivity (Wildman–Crippen MR) is 85.3 cm³/mol. The second-order valence-corrected chi connectivity index (χ2v) is 5.09. The molecule has 0 aliphatic rings. The van der Waals surface area contributed by atoms with E-state index in [2.05, 4.69) is 47.8 Å². The molecule has 0 saturated heterocycles. The highest BCUT2D eigenvalue weighted by molar-refractivity contribution is 5.20. The molecule has 2 unspecified atom stereocenters. The van der Waals surface area contributed by atoms with Crippen molar-refractivity contribution in [3.63, 3.8) is 0 Å². The molecule has 0 amide bonds. The third-order valence-electron chi connectivity index (χ3n) is 3.68. The molecular formula is C17H25N3O. The Bertz CT molecular complexity index is 524. The van der Waals surface area contributed by atoms with E-state index in [9.17, 15) is 0 Å². The minimum Gasteiger partial charge on any atom is -0.372 e. The number of likely N-dealkylation sites (N-methyl/N-ethyl adjacent to an activating group) is 1. The second-order valence-electron chi connectivity index (χ2n) is 5.09. The van der Waals surface area contributed by atoms with Gasteiger partial charge in [-0.15, -0.1) is 0 Å². The molecule has 4 nitrogen and oxygen atoms in total. The van der Waals surface area contributed by atoms with Crippen LogP contribution >= 0.6 is 0 Å². The van der Waals surface area contributed by atoms with Crippen LogP contribution in [0.1, 0.15) is 31.1 Å². The van der Waals surface area contributed by atoms with Gasteiger partial charge >= 0.3 is 0 Å². The van der Waals surface area contributed by atoms with Crippen molar-refractivity contribution in [2.75, 3.05) is 13.7 Å². The molecule has 1 heterocycles. The van der Waals surface area contributed by atoms with Crippen molar-refractivity contribution in [2.45, 2.75) is 39.0 Å². The zero-order valence-corrected chi connectivity index (χ0v) is 13.1. The maximum Gasteiger partial charge on any atom is 0.0980 e. The molecule has 1 aromatic carbocycles. The number of ether oxygens (including phenoxy) is 1. The van der Waals surface area contributed by atoms with E-state index in [1.807, 2.05) is 30.9 Å². The summed E-state index contributed by atoms with van der Waals surface area (Å²) >= 11 is 0. The van der Waals surface area contributed by atoms with E-state index in [1.165, 1.54) is 11.1 Å². The Morgan fingerprint density at radius 2 is 2.00 bits per heavy atom. The minimum atomic E-state index is 0.0474. The fourth-order valence-corrected chi connectivity index (χ4v) is 2.57. The highest BCUT2D eigenvalue weighted by atomic mass is 16.5. The van der Waals surface area contributed by atoms with Gasteiger partial charge in [-0.05, 0) is 38.4 Å².